The second-order valence-corrected chi connectivity index (χ2v) is 6.16. The zero-order valence-electron chi connectivity index (χ0n) is 11.0. The number of fused-ring (bicyclic) bond motifs is 1. The Bertz CT molecular complexity index is 550. The zero-order valence-corrected chi connectivity index (χ0v) is 11.8. The van der Waals surface area contributed by atoms with Gasteiger partial charge in [0.1, 0.15) is 10.0 Å². The Hall–Kier alpha value is -1.26. The lowest BCUT2D eigenvalue weighted by Crippen LogP contribution is -2.10. The van der Waals surface area contributed by atoms with Crippen LogP contribution in [0.5, 0.6) is 0 Å². The molecule has 2 aromatic rings. The molecule has 0 amide bonds. The van der Waals surface area contributed by atoms with Crippen molar-refractivity contribution in [3.05, 3.63) is 45.4 Å². The number of nitrogens with zero attached hydrogens (tertiary/aromatic N) is 2. The third-order valence-corrected chi connectivity index (χ3v) is 4.84. The van der Waals surface area contributed by atoms with Crippen LogP contribution in [0.15, 0.2) is 24.3 Å². The topological polar surface area (TPSA) is 51.8 Å². The van der Waals surface area contributed by atoms with E-state index in [1.54, 1.807) is 11.3 Å². The van der Waals surface area contributed by atoms with Gasteiger partial charge in [-0.2, -0.15) is 0 Å². The quantitative estimate of drug-likeness (QED) is 0.932. The first-order valence-corrected chi connectivity index (χ1v) is 7.80. The maximum absolute atomic E-state index is 5.55. The van der Waals surface area contributed by atoms with Gasteiger partial charge in [-0.25, -0.2) is 0 Å². The van der Waals surface area contributed by atoms with Crippen LogP contribution in [0.3, 0.4) is 0 Å². The van der Waals surface area contributed by atoms with Crippen LogP contribution in [-0.2, 0) is 12.8 Å². The Labute approximate surface area is 117 Å². The van der Waals surface area contributed by atoms with Gasteiger partial charge in [-0.1, -0.05) is 24.3 Å². The SMILES string of the molecule is NCCCc1nnc(C2CCCc3ccccc32)s1. The van der Waals surface area contributed by atoms with Gasteiger partial charge in [0.05, 0.1) is 0 Å². The molecule has 1 aliphatic carbocycles. The second kappa shape index (κ2) is 5.80. The van der Waals surface area contributed by atoms with Crippen LogP contribution in [0.25, 0.3) is 0 Å². The fraction of sp³-hybridized carbons (Fsp3) is 0.467. The van der Waals surface area contributed by atoms with E-state index in [1.165, 1.54) is 35.4 Å². The lowest BCUT2D eigenvalue weighted by Gasteiger charge is -2.23. The molecule has 1 unspecified atom stereocenters. The maximum Gasteiger partial charge on any atom is 0.124 e. The van der Waals surface area contributed by atoms with E-state index >= 15 is 0 Å². The van der Waals surface area contributed by atoms with Crippen molar-refractivity contribution in [1.29, 1.82) is 0 Å². The first kappa shape index (κ1) is 12.8. The van der Waals surface area contributed by atoms with Crippen molar-refractivity contribution in [2.24, 2.45) is 5.73 Å². The lowest BCUT2D eigenvalue weighted by molar-refractivity contribution is 0.608. The summed E-state index contributed by atoms with van der Waals surface area (Å²) >= 11 is 1.77. The minimum absolute atomic E-state index is 0.453. The molecule has 1 aliphatic rings. The van der Waals surface area contributed by atoms with Crippen molar-refractivity contribution < 1.29 is 0 Å². The van der Waals surface area contributed by atoms with Gasteiger partial charge in [0.2, 0.25) is 0 Å². The van der Waals surface area contributed by atoms with Gasteiger partial charge in [-0.05, 0) is 43.4 Å². The highest BCUT2D eigenvalue weighted by molar-refractivity contribution is 7.11. The highest BCUT2D eigenvalue weighted by atomic mass is 32.1. The standard InChI is InChI=1S/C15H19N3S/c16-10-4-9-14-17-18-15(19-14)13-8-3-6-11-5-1-2-7-12(11)13/h1-2,5,7,13H,3-4,6,8-10,16H2. The number of aryl methyl sites for hydroxylation is 2. The summed E-state index contributed by atoms with van der Waals surface area (Å²) in [5.74, 6) is 0.453. The van der Waals surface area contributed by atoms with E-state index in [2.05, 4.69) is 34.5 Å². The first-order chi connectivity index (χ1) is 9.38. The Balaban J connectivity index is 1.85. The van der Waals surface area contributed by atoms with E-state index < -0.39 is 0 Å². The molecule has 0 radical (unpaired) electrons. The van der Waals surface area contributed by atoms with Gasteiger partial charge in [0, 0.05) is 12.3 Å². The summed E-state index contributed by atoms with van der Waals surface area (Å²) in [5, 5.41) is 11.0. The van der Waals surface area contributed by atoms with Crippen LogP contribution >= 0.6 is 11.3 Å². The van der Waals surface area contributed by atoms with Crippen LogP contribution in [-0.4, -0.2) is 16.7 Å². The molecule has 0 saturated heterocycles. The van der Waals surface area contributed by atoms with Gasteiger partial charge >= 0.3 is 0 Å². The minimum atomic E-state index is 0.453. The smallest absolute Gasteiger partial charge is 0.124 e. The Kier molecular flexibility index (Phi) is 3.89. The predicted molar refractivity (Wildman–Crippen MR) is 78.5 cm³/mol. The first-order valence-electron chi connectivity index (χ1n) is 6.98. The molecular formula is C15H19N3S. The predicted octanol–water partition coefficient (Wildman–Crippen LogP) is 2.90. The second-order valence-electron chi connectivity index (χ2n) is 5.07. The van der Waals surface area contributed by atoms with E-state index in [1.807, 2.05) is 0 Å². The van der Waals surface area contributed by atoms with E-state index in [9.17, 15) is 0 Å². The van der Waals surface area contributed by atoms with Crippen LogP contribution in [0.1, 0.15) is 46.3 Å². The minimum Gasteiger partial charge on any atom is -0.330 e. The van der Waals surface area contributed by atoms with Gasteiger partial charge < -0.3 is 5.73 Å². The van der Waals surface area contributed by atoms with Crippen LogP contribution in [0.4, 0.5) is 0 Å². The van der Waals surface area contributed by atoms with Crippen molar-refractivity contribution in [2.75, 3.05) is 6.54 Å². The molecule has 1 aromatic carbocycles. The Morgan fingerprint density at radius 1 is 1.26 bits per heavy atom. The largest absolute Gasteiger partial charge is 0.330 e. The molecule has 0 bridgehead atoms. The molecule has 2 N–H and O–H groups in total. The number of nitrogens with two attached hydrogens (primary N) is 1. The summed E-state index contributed by atoms with van der Waals surface area (Å²) < 4.78 is 0. The Morgan fingerprint density at radius 3 is 3.05 bits per heavy atom. The van der Waals surface area contributed by atoms with Crippen LogP contribution in [0, 0.1) is 0 Å². The number of rotatable bonds is 4. The summed E-state index contributed by atoms with van der Waals surface area (Å²) in [4.78, 5) is 0. The molecule has 0 fully saturated rings. The molecule has 0 spiro atoms. The third-order valence-electron chi connectivity index (χ3n) is 3.74. The molecule has 3 rings (SSSR count). The summed E-state index contributed by atoms with van der Waals surface area (Å²) in [6.07, 6.45) is 5.60. The third kappa shape index (κ3) is 2.69. The molecule has 1 heterocycles. The molecule has 0 saturated carbocycles. The van der Waals surface area contributed by atoms with E-state index in [4.69, 9.17) is 5.73 Å². The van der Waals surface area contributed by atoms with Crippen molar-refractivity contribution in [3.8, 4) is 0 Å². The van der Waals surface area contributed by atoms with Gasteiger partial charge in [-0.3, -0.25) is 0 Å². The monoisotopic (exact) mass is 273 g/mol. The highest BCUT2D eigenvalue weighted by Gasteiger charge is 2.24. The number of hydrogen-bond donors (Lipinski definition) is 1. The van der Waals surface area contributed by atoms with Crippen molar-refractivity contribution in [2.45, 2.75) is 38.0 Å². The highest BCUT2D eigenvalue weighted by Crippen LogP contribution is 2.37. The molecule has 3 nitrogen and oxygen atoms in total. The van der Waals surface area contributed by atoms with Crippen molar-refractivity contribution in [1.82, 2.24) is 10.2 Å². The number of benzene rings is 1. The summed E-state index contributed by atoms with van der Waals surface area (Å²) in [7, 11) is 0. The van der Waals surface area contributed by atoms with Gasteiger partial charge in [-0.15, -0.1) is 21.5 Å². The molecule has 1 aromatic heterocycles. The van der Waals surface area contributed by atoms with Crippen LogP contribution < -0.4 is 5.73 Å². The normalized spacial score (nSPS) is 18.3. The molecule has 19 heavy (non-hydrogen) atoms. The number of aromatic nitrogens is 2. The fourth-order valence-corrected chi connectivity index (χ4v) is 3.81. The maximum atomic E-state index is 5.55. The molecule has 4 heteroatoms. The average molecular weight is 273 g/mol. The summed E-state index contributed by atoms with van der Waals surface area (Å²) in [6.45, 7) is 0.723. The van der Waals surface area contributed by atoms with Crippen LogP contribution in [0.2, 0.25) is 0 Å². The van der Waals surface area contributed by atoms with E-state index in [-0.39, 0.29) is 0 Å². The van der Waals surface area contributed by atoms with Crippen molar-refractivity contribution in [3.63, 3.8) is 0 Å². The summed E-state index contributed by atoms with van der Waals surface area (Å²) in [5.41, 5.74) is 8.48. The molecule has 100 valence electrons. The van der Waals surface area contributed by atoms with Gasteiger partial charge in [0.25, 0.3) is 0 Å². The van der Waals surface area contributed by atoms with E-state index in [0.29, 0.717) is 5.92 Å². The zero-order chi connectivity index (χ0) is 13.1. The molecule has 1 atom stereocenters. The van der Waals surface area contributed by atoms with E-state index in [0.717, 1.165) is 24.4 Å². The Morgan fingerprint density at radius 2 is 2.16 bits per heavy atom. The van der Waals surface area contributed by atoms with Gasteiger partial charge in [0.15, 0.2) is 0 Å². The molecular weight excluding hydrogens is 254 g/mol. The summed E-state index contributed by atoms with van der Waals surface area (Å²) in [6, 6.07) is 8.76. The number of hydrogen-bond acceptors (Lipinski definition) is 4. The average Bonchev–Trinajstić information content (AvgIpc) is 2.93. The lowest BCUT2D eigenvalue weighted by atomic mass is 9.83. The molecule has 0 aliphatic heterocycles. The fourth-order valence-electron chi connectivity index (χ4n) is 2.77. The van der Waals surface area contributed by atoms with Crippen molar-refractivity contribution >= 4 is 11.3 Å².